The van der Waals surface area contributed by atoms with Gasteiger partial charge in [-0.1, -0.05) is 35.9 Å². The third kappa shape index (κ3) is 5.98. The summed E-state index contributed by atoms with van der Waals surface area (Å²) in [6.45, 7) is 0.373. The highest BCUT2D eigenvalue weighted by Gasteiger charge is 2.26. The summed E-state index contributed by atoms with van der Waals surface area (Å²) >= 11 is 7.11. The summed E-state index contributed by atoms with van der Waals surface area (Å²) in [5.41, 5.74) is 2.47. The van der Waals surface area contributed by atoms with E-state index in [0.717, 1.165) is 16.5 Å². The second-order valence-electron chi connectivity index (χ2n) is 9.06. The van der Waals surface area contributed by atoms with Gasteiger partial charge in [0.15, 0.2) is 5.17 Å². The number of phenolic OH excluding ortho intramolecular Hbond substituents is 1. The van der Waals surface area contributed by atoms with Crippen molar-refractivity contribution in [3.05, 3.63) is 99.0 Å². The molecule has 4 aromatic rings. The fraction of sp³-hybridized carbons (Fsp3) is 0.179. The highest BCUT2D eigenvalue weighted by molar-refractivity contribution is 8.18. The number of nitrogens with zero attached hydrogens (tertiary/aromatic N) is 4. The van der Waals surface area contributed by atoms with Gasteiger partial charge in [0.2, 0.25) is 0 Å². The first-order chi connectivity index (χ1) is 18.7. The molecule has 200 valence electrons. The molecule has 0 radical (unpaired) electrons. The van der Waals surface area contributed by atoms with Crippen molar-refractivity contribution in [2.75, 3.05) is 13.6 Å². The Bertz CT molecular complexity index is 1600. The molecule has 11 heteroatoms. The number of hydrogen-bond donors (Lipinski definition) is 2. The third-order valence-electron chi connectivity index (χ3n) is 6.29. The lowest BCUT2D eigenvalue weighted by Gasteiger charge is -2.21. The zero-order valence-corrected chi connectivity index (χ0v) is 22.2. The first kappa shape index (κ1) is 26.9. The molecule has 2 N–H and O–H groups in total. The molecule has 0 aliphatic carbocycles. The summed E-state index contributed by atoms with van der Waals surface area (Å²) in [5.74, 6) is -0.262. The molecule has 3 aromatic carbocycles. The van der Waals surface area contributed by atoms with Crippen molar-refractivity contribution in [1.82, 2.24) is 14.7 Å². The number of aromatic hydroxyl groups is 1. The number of thioether (sulfide) groups is 1. The number of likely N-dealkylation sites (N-methyl/N-ethyl adjacent to an activating group) is 1. The molecule has 7 nitrogen and oxygen atoms in total. The fourth-order valence-electron chi connectivity index (χ4n) is 4.25. The molecular weight excluding hydrogens is 546 g/mol. The Morgan fingerprint density at radius 1 is 1.13 bits per heavy atom. The van der Waals surface area contributed by atoms with Crippen LogP contribution in [0, 0.1) is 0 Å². The lowest BCUT2D eigenvalue weighted by Crippen LogP contribution is -2.28. The van der Waals surface area contributed by atoms with E-state index >= 15 is 0 Å². The van der Waals surface area contributed by atoms with Gasteiger partial charge in [-0.25, -0.2) is 8.78 Å². The number of aliphatic imine (C=N–C) groups is 1. The van der Waals surface area contributed by atoms with E-state index in [1.165, 1.54) is 30.0 Å². The number of aliphatic hydroxyl groups is 1. The third-order valence-corrected chi connectivity index (χ3v) is 7.62. The highest BCUT2D eigenvalue weighted by Crippen LogP contribution is 2.32. The van der Waals surface area contributed by atoms with Gasteiger partial charge in [0.1, 0.15) is 5.75 Å². The van der Waals surface area contributed by atoms with E-state index in [1.54, 1.807) is 53.2 Å². The van der Waals surface area contributed by atoms with Gasteiger partial charge in [-0.05, 0) is 70.9 Å². The van der Waals surface area contributed by atoms with E-state index in [1.807, 2.05) is 18.2 Å². The largest absolute Gasteiger partial charge is 0.508 e. The van der Waals surface area contributed by atoms with Crippen LogP contribution in [0.3, 0.4) is 0 Å². The second-order valence-corrected chi connectivity index (χ2v) is 10.5. The van der Waals surface area contributed by atoms with Gasteiger partial charge in [-0.15, -0.1) is 0 Å². The van der Waals surface area contributed by atoms with Crippen molar-refractivity contribution >= 4 is 51.4 Å². The van der Waals surface area contributed by atoms with E-state index in [-0.39, 0.29) is 35.3 Å². The van der Waals surface area contributed by atoms with E-state index in [2.05, 4.69) is 10.1 Å². The zero-order valence-electron chi connectivity index (χ0n) is 20.6. The quantitative estimate of drug-likeness (QED) is 0.265. The highest BCUT2D eigenvalue weighted by atomic mass is 35.5. The number of benzene rings is 3. The van der Waals surface area contributed by atoms with Crippen molar-refractivity contribution in [3.63, 3.8) is 0 Å². The van der Waals surface area contributed by atoms with Gasteiger partial charge < -0.3 is 15.1 Å². The van der Waals surface area contributed by atoms with Crippen molar-refractivity contribution in [3.8, 4) is 5.75 Å². The molecule has 0 fully saturated rings. The zero-order chi connectivity index (χ0) is 27.7. The number of halogens is 3. The summed E-state index contributed by atoms with van der Waals surface area (Å²) in [6, 6.07) is 16.2. The minimum atomic E-state index is -2.65. The van der Waals surface area contributed by atoms with Crippen LogP contribution >= 0.6 is 23.4 Å². The number of aliphatic hydroxyl groups excluding tert-OH is 1. The van der Waals surface area contributed by atoms with Crippen LogP contribution in [0.15, 0.2) is 76.8 Å². The van der Waals surface area contributed by atoms with Gasteiger partial charge in [-0.2, -0.15) is 10.1 Å². The van der Waals surface area contributed by atoms with Crippen LogP contribution in [0.2, 0.25) is 5.02 Å². The number of aromatic nitrogens is 2. The molecule has 0 bridgehead atoms. The number of carbonyl (C=O) groups excluding carboxylic acids is 1. The molecule has 0 saturated carbocycles. The monoisotopic (exact) mass is 568 g/mol. The predicted octanol–water partition coefficient (Wildman–Crippen LogP) is 6.02. The molecule has 1 amide bonds. The Hall–Kier alpha value is -3.73. The number of amides is 1. The maximum Gasteiger partial charge on any atom is 0.286 e. The summed E-state index contributed by atoms with van der Waals surface area (Å²) in [6.07, 6.45) is -0.0918. The van der Waals surface area contributed by atoms with Crippen molar-refractivity contribution in [2.45, 2.75) is 19.1 Å². The van der Waals surface area contributed by atoms with Crippen molar-refractivity contribution in [1.29, 1.82) is 0 Å². The number of rotatable bonds is 7. The van der Waals surface area contributed by atoms with E-state index in [9.17, 15) is 23.8 Å². The van der Waals surface area contributed by atoms with Crippen LogP contribution in [-0.4, -0.2) is 49.6 Å². The van der Waals surface area contributed by atoms with Gasteiger partial charge in [0, 0.05) is 29.6 Å². The normalized spacial score (nSPS) is 15.4. The molecule has 0 unspecified atom stereocenters. The smallest absolute Gasteiger partial charge is 0.286 e. The lowest BCUT2D eigenvalue weighted by molar-refractivity contribution is -0.113. The summed E-state index contributed by atoms with van der Waals surface area (Å²) in [7, 11) is 1.74. The average Bonchev–Trinajstić information content (AvgIpc) is 3.48. The molecule has 0 saturated heterocycles. The molecule has 1 atom stereocenters. The summed E-state index contributed by atoms with van der Waals surface area (Å²) < 4.78 is 28.6. The average molecular weight is 569 g/mol. The fourth-order valence-corrected chi connectivity index (χ4v) is 5.31. The number of hydrogen-bond acceptors (Lipinski definition) is 6. The molecule has 0 spiro atoms. The first-order valence-electron chi connectivity index (χ1n) is 11.9. The molecule has 39 heavy (non-hydrogen) atoms. The Morgan fingerprint density at radius 3 is 2.64 bits per heavy atom. The molecule has 1 aromatic heterocycles. The predicted molar refractivity (Wildman–Crippen MR) is 149 cm³/mol. The minimum Gasteiger partial charge on any atom is -0.508 e. The van der Waals surface area contributed by atoms with Crippen LogP contribution in [0.5, 0.6) is 5.75 Å². The van der Waals surface area contributed by atoms with Crippen molar-refractivity contribution in [2.24, 2.45) is 4.99 Å². The lowest BCUT2D eigenvalue weighted by atomic mass is 10.1. The van der Waals surface area contributed by atoms with E-state index < -0.39 is 12.5 Å². The van der Waals surface area contributed by atoms with Crippen LogP contribution < -0.4 is 0 Å². The molecule has 1 aliphatic rings. The SMILES string of the molecule is CN(C[C@H](O)c1ccc(O)cc1)C1=NC(=O)/C(=C/c2ccc3c(cnn3Cc3ccc(Cl)cc3C(F)F)c2)S1. The summed E-state index contributed by atoms with van der Waals surface area (Å²) in [4.78, 5) is 18.9. The summed E-state index contributed by atoms with van der Waals surface area (Å²) in [5, 5.41) is 25.8. The van der Waals surface area contributed by atoms with E-state index in [0.29, 0.717) is 21.2 Å². The molecule has 1 aliphatic heterocycles. The Morgan fingerprint density at radius 2 is 1.90 bits per heavy atom. The topological polar surface area (TPSA) is 90.9 Å². The molecule has 2 heterocycles. The van der Waals surface area contributed by atoms with Crippen LogP contribution in [0.4, 0.5) is 8.78 Å². The van der Waals surface area contributed by atoms with E-state index in [4.69, 9.17) is 11.6 Å². The van der Waals surface area contributed by atoms with Gasteiger partial charge in [0.25, 0.3) is 12.3 Å². The number of phenols is 1. The number of fused-ring (bicyclic) bond motifs is 1. The van der Waals surface area contributed by atoms with Gasteiger partial charge >= 0.3 is 0 Å². The number of carbonyl (C=O) groups is 1. The molecule has 5 rings (SSSR count). The van der Waals surface area contributed by atoms with Crippen LogP contribution in [0.25, 0.3) is 17.0 Å². The Labute approximate surface area is 232 Å². The standard InChI is InChI=1S/C28H23ClF2N4O3S/c1-34(15-24(37)17-4-7-21(36)8-5-17)28-33-27(38)25(39-28)11-16-2-9-23-19(10-16)13-32-35(23)14-18-3-6-20(29)12-22(18)26(30)31/h2-13,24,26,36-37H,14-15H2,1H3/b25-11-/t24-/m0/s1. The van der Waals surface area contributed by atoms with Gasteiger partial charge in [-0.3, -0.25) is 9.48 Å². The van der Waals surface area contributed by atoms with Crippen molar-refractivity contribution < 1.29 is 23.8 Å². The second kappa shape index (κ2) is 11.2. The minimum absolute atomic E-state index is 0.114. The molecular formula is C28H23ClF2N4O3S. The first-order valence-corrected chi connectivity index (χ1v) is 13.1. The maximum absolute atomic E-state index is 13.5. The number of amidine groups is 1. The Balaban J connectivity index is 1.29. The van der Waals surface area contributed by atoms with Gasteiger partial charge in [0.05, 0.1) is 29.3 Å². The maximum atomic E-state index is 13.5. The number of alkyl halides is 2. The Kier molecular flexibility index (Phi) is 7.69. The van der Waals surface area contributed by atoms with Crippen LogP contribution in [-0.2, 0) is 11.3 Å². The van der Waals surface area contributed by atoms with Crippen LogP contribution in [0.1, 0.15) is 34.8 Å².